The number of aliphatic hydroxyl groups excluding tert-OH is 6. The number of esters is 2. The third kappa shape index (κ3) is 8.92. The minimum Gasteiger partial charge on any atom is -0.504 e. The summed E-state index contributed by atoms with van der Waals surface area (Å²) in [6.07, 6.45) is -9.55. The van der Waals surface area contributed by atoms with Crippen LogP contribution in [-0.4, -0.2) is 151 Å². The van der Waals surface area contributed by atoms with E-state index in [9.17, 15) is 45.3 Å². The maximum Gasteiger partial charge on any atom is 0.331 e. The lowest BCUT2D eigenvalue weighted by Gasteiger charge is -2.43. The molecule has 2 aliphatic heterocycles. The normalized spacial score (nSPS) is 28.9. The van der Waals surface area contributed by atoms with Crippen LogP contribution in [0.3, 0.4) is 0 Å². The Labute approximate surface area is 297 Å². The van der Waals surface area contributed by atoms with Gasteiger partial charge in [0.05, 0.1) is 35.0 Å². The second kappa shape index (κ2) is 17.8. The minimum absolute atomic E-state index is 0.107. The fourth-order valence-corrected chi connectivity index (χ4v) is 5.46. The molecule has 2 saturated heterocycles. The van der Waals surface area contributed by atoms with Crippen LogP contribution in [0.1, 0.15) is 11.1 Å². The molecular formula is C34H42O18. The second-order valence-corrected chi connectivity index (χ2v) is 11.5. The van der Waals surface area contributed by atoms with E-state index in [1.165, 1.54) is 58.8 Å². The first kappa shape index (κ1) is 40.3. The van der Waals surface area contributed by atoms with Crippen molar-refractivity contribution in [1.29, 1.82) is 0 Å². The van der Waals surface area contributed by atoms with Crippen molar-refractivity contribution in [3.8, 4) is 28.7 Å². The molecule has 0 aliphatic carbocycles. The Morgan fingerprint density at radius 2 is 1.38 bits per heavy atom. The number of aliphatic hydroxyl groups is 6. The van der Waals surface area contributed by atoms with Gasteiger partial charge >= 0.3 is 11.9 Å². The van der Waals surface area contributed by atoms with Crippen LogP contribution in [0.15, 0.2) is 42.5 Å². The Morgan fingerprint density at radius 1 is 0.769 bits per heavy atom. The van der Waals surface area contributed by atoms with E-state index >= 15 is 0 Å². The van der Waals surface area contributed by atoms with Crippen LogP contribution in [0.4, 0.5) is 0 Å². The molecule has 2 heterocycles. The smallest absolute Gasteiger partial charge is 0.331 e. The number of phenolic OH excluding ortho intramolecular Hbond substituents is 1. The van der Waals surface area contributed by atoms with Gasteiger partial charge in [0.2, 0.25) is 11.5 Å². The van der Waals surface area contributed by atoms with E-state index in [0.717, 1.165) is 12.2 Å². The van der Waals surface area contributed by atoms with Gasteiger partial charge in [-0.2, -0.15) is 0 Å². The van der Waals surface area contributed by atoms with Crippen molar-refractivity contribution in [2.75, 3.05) is 48.3 Å². The molecule has 0 aromatic heterocycles. The molecular weight excluding hydrogens is 696 g/mol. The van der Waals surface area contributed by atoms with Crippen LogP contribution in [0.5, 0.6) is 28.7 Å². The van der Waals surface area contributed by atoms with Gasteiger partial charge < -0.3 is 78.4 Å². The molecule has 18 nitrogen and oxygen atoms in total. The van der Waals surface area contributed by atoms with Gasteiger partial charge in [-0.15, -0.1) is 0 Å². The summed E-state index contributed by atoms with van der Waals surface area (Å²) < 4.78 is 48.4. The number of benzene rings is 2. The Hall–Kier alpha value is -4.50. The van der Waals surface area contributed by atoms with Gasteiger partial charge in [0.15, 0.2) is 35.4 Å². The standard InChI is InChI=1S/C34H42O18/c1-44-20-11-17(5-8-19(20)37)6-9-25(38)48-15-24-27(40)29(42)30(43)33(49-24)52-34(16-36)32(28(41)23(14-35)51-34)50-26(39)10-7-18-12-21(45-2)31(47-4)22(13-18)46-3/h5-13,23-24,27-30,32-33,35-37,40-43H,14-16H2,1-4H3/b9-6-,10-7+/t23-,24+,27+,28+,29-,30+,32-,33+,34-/m0/s1. The predicted octanol–water partition coefficient (Wildman–Crippen LogP) is -1.13. The predicted molar refractivity (Wildman–Crippen MR) is 175 cm³/mol. The zero-order chi connectivity index (χ0) is 38.2. The number of carbonyl (C=O) groups is 2. The SMILES string of the molecule is COc1cc(/C=C\C(=O)OC[C@H]2O[C@H](O[C@]3(CO)O[C@@H](CO)[C@@H](O)[C@@H]3OC(=O)/C=C/c3cc(OC)c(OC)c(OC)c3)[C@H](O)[C@@H](O)[C@@H]2O)ccc1O. The third-order valence-corrected chi connectivity index (χ3v) is 8.21. The molecule has 0 saturated carbocycles. The van der Waals surface area contributed by atoms with Crippen LogP contribution in [-0.2, 0) is 33.3 Å². The number of methoxy groups -OCH3 is 4. The third-order valence-electron chi connectivity index (χ3n) is 8.21. The quantitative estimate of drug-likeness (QED) is 0.0843. The van der Waals surface area contributed by atoms with E-state index in [4.69, 9.17) is 42.6 Å². The fourth-order valence-electron chi connectivity index (χ4n) is 5.46. The zero-order valence-corrected chi connectivity index (χ0v) is 28.6. The Kier molecular flexibility index (Phi) is 13.8. The zero-order valence-electron chi connectivity index (χ0n) is 28.6. The van der Waals surface area contributed by atoms with Gasteiger partial charge in [-0.3, -0.25) is 0 Å². The largest absolute Gasteiger partial charge is 0.504 e. The van der Waals surface area contributed by atoms with E-state index < -0.39 is 86.6 Å². The van der Waals surface area contributed by atoms with Gasteiger partial charge in [-0.1, -0.05) is 6.07 Å². The number of phenols is 1. The second-order valence-electron chi connectivity index (χ2n) is 11.5. The van der Waals surface area contributed by atoms with Crippen LogP contribution in [0, 0.1) is 0 Å². The topological polar surface area (TPSA) is 259 Å². The molecule has 18 heteroatoms. The van der Waals surface area contributed by atoms with E-state index in [-0.39, 0.29) is 11.5 Å². The van der Waals surface area contributed by atoms with Crippen molar-refractivity contribution in [2.24, 2.45) is 0 Å². The van der Waals surface area contributed by atoms with Crippen LogP contribution in [0.2, 0.25) is 0 Å². The van der Waals surface area contributed by atoms with E-state index in [1.807, 2.05) is 0 Å². The van der Waals surface area contributed by atoms with Crippen LogP contribution >= 0.6 is 0 Å². The highest BCUT2D eigenvalue weighted by Gasteiger charge is 2.60. The number of hydrogen-bond donors (Lipinski definition) is 7. The first-order valence-electron chi connectivity index (χ1n) is 15.7. The maximum atomic E-state index is 13.0. The lowest BCUT2D eigenvalue weighted by atomic mass is 9.99. The maximum absolute atomic E-state index is 13.0. The average molecular weight is 739 g/mol. The summed E-state index contributed by atoms with van der Waals surface area (Å²) in [5.74, 6) is -3.48. The number of rotatable bonds is 15. The first-order valence-corrected chi connectivity index (χ1v) is 15.7. The first-order chi connectivity index (χ1) is 24.8. The summed E-state index contributed by atoms with van der Waals surface area (Å²) in [7, 11) is 5.59. The molecule has 7 N–H and O–H groups in total. The van der Waals surface area contributed by atoms with Gasteiger partial charge in [0, 0.05) is 12.2 Å². The Balaban J connectivity index is 1.48. The Bertz CT molecular complexity index is 1570. The minimum atomic E-state index is -2.48. The lowest BCUT2D eigenvalue weighted by Crippen LogP contribution is -2.63. The van der Waals surface area contributed by atoms with Crippen molar-refractivity contribution in [3.63, 3.8) is 0 Å². The van der Waals surface area contributed by atoms with Crippen LogP contribution in [0.25, 0.3) is 12.2 Å². The highest BCUT2D eigenvalue weighted by molar-refractivity contribution is 5.88. The highest BCUT2D eigenvalue weighted by Crippen LogP contribution is 2.40. The molecule has 2 fully saturated rings. The molecule has 2 aromatic carbocycles. The molecule has 0 amide bonds. The molecule has 52 heavy (non-hydrogen) atoms. The fraction of sp³-hybridized carbons (Fsp3) is 0.471. The molecule has 0 unspecified atom stereocenters. The number of carbonyl (C=O) groups excluding carboxylic acids is 2. The van der Waals surface area contributed by atoms with Crippen molar-refractivity contribution in [1.82, 2.24) is 0 Å². The van der Waals surface area contributed by atoms with E-state index in [2.05, 4.69) is 0 Å². The molecule has 286 valence electrons. The summed E-state index contributed by atoms with van der Waals surface area (Å²) in [5.41, 5.74) is 0.899. The molecule has 9 atom stereocenters. The van der Waals surface area contributed by atoms with E-state index in [0.29, 0.717) is 28.4 Å². The molecule has 2 aliphatic rings. The highest BCUT2D eigenvalue weighted by atomic mass is 16.8. The van der Waals surface area contributed by atoms with Gasteiger partial charge in [-0.05, 0) is 47.5 Å². The number of ether oxygens (including phenoxy) is 9. The summed E-state index contributed by atoms with van der Waals surface area (Å²) in [6, 6.07) is 7.41. The summed E-state index contributed by atoms with van der Waals surface area (Å²) >= 11 is 0. The summed E-state index contributed by atoms with van der Waals surface area (Å²) in [4.78, 5) is 25.4. The molecule has 0 radical (unpaired) electrons. The van der Waals surface area contributed by atoms with E-state index in [1.54, 1.807) is 12.1 Å². The molecule has 0 bridgehead atoms. The summed E-state index contributed by atoms with van der Waals surface area (Å²) in [6.45, 7) is -2.61. The van der Waals surface area contributed by atoms with Crippen LogP contribution < -0.4 is 18.9 Å². The van der Waals surface area contributed by atoms with Crippen molar-refractivity contribution < 1.29 is 88.0 Å². The average Bonchev–Trinajstić information content (AvgIpc) is 3.42. The van der Waals surface area contributed by atoms with Crippen molar-refractivity contribution in [3.05, 3.63) is 53.6 Å². The van der Waals surface area contributed by atoms with Crippen molar-refractivity contribution in [2.45, 2.75) is 54.8 Å². The Morgan fingerprint density at radius 3 is 1.98 bits per heavy atom. The monoisotopic (exact) mass is 738 g/mol. The lowest BCUT2D eigenvalue weighted by molar-refractivity contribution is -0.383. The molecule has 4 rings (SSSR count). The van der Waals surface area contributed by atoms with Crippen molar-refractivity contribution >= 4 is 24.1 Å². The number of hydrogen-bond acceptors (Lipinski definition) is 18. The molecule has 2 aromatic rings. The van der Waals surface area contributed by atoms with Gasteiger partial charge in [-0.25, -0.2) is 9.59 Å². The number of aromatic hydroxyl groups is 1. The summed E-state index contributed by atoms with van der Waals surface area (Å²) in [5, 5.41) is 72.8. The molecule has 0 spiro atoms. The van der Waals surface area contributed by atoms with Gasteiger partial charge in [0.25, 0.3) is 0 Å². The van der Waals surface area contributed by atoms with Gasteiger partial charge in [0.1, 0.15) is 49.8 Å².